The molecule has 1 aliphatic carbocycles. The van der Waals surface area contributed by atoms with Gasteiger partial charge in [0.05, 0.1) is 6.61 Å². The van der Waals surface area contributed by atoms with Gasteiger partial charge in [-0.25, -0.2) is 0 Å². The minimum absolute atomic E-state index is 0.121. The third kappa shape index (κ3) is 4.92. The van der Waals surface area contributed by atoms with Gasteiger partial charge >= 0.3 is 7.12 Å². The normalized spacial score (nSPS) is 21.5. The first kappa shape index (κ1) is 21.7. The first-order chi connectivity index (χ1) is 13.3. The molecular weight excluding hydrogens is 349 g/mol. The molecule has 0 radical (unpaired) electrons. The van der Waals surface area contributed by atoms with Crippen molar-refractivity contribution in [2.24, 2.45) is 0 Å². The fraction of sp³-hybridized carbons (Fsp3) is 0.739. The number of nitrogens with one attached hydrogen (secondary N) is 1. The molecule has 0 spiro atoms. The molecule has 0 aromatic heterocycles. The predicted octanol–water partition coefficient (Wildman–Crippen LogP) is 3.94. The smallest absolute Gasteiger partial charge is 0.493 e. The number of hydrogen-bond acceptors (Lipinski definition) is 4. The third-order valence-electron chi connectivity index (χ3n) is 6.28. The summed E-state index contributed by atoms with van der Waals surface area (Å²) in [7, 11) is -0.314. The van der Waals surface area contributed by atoms with Gasteiger partial charge in [-0.05, 0) is 47.2 Å². The van der Waals surface area contributed by atoms with Crippen molar-refractivity contribution in [3.63, 3.8) is 0 Å². The maximum atomic E-state index is 6.40. The highest BCUT2D eigenvalue weighted by atomic mass is 16.6. The zero-order valence-electron chi connectivity index (χ0n) is 18.5. The molecular formula is C23H38BNO3. The minimum Gasteiger partial charge on any atom is -0.493 e. The van der Waals surface area contributed by atoms with Crippen LogP contribution >= 0.6 is 0 Å². The standard InChI is InChI=1S/C23H38BNO3/c1-6-7-8-13-26-20-17-18(24-27-14-11-25-12-15-28-24)16-19-21(20)23(4,5)10-9-22(19,2)3/h16-17,25H,6-15H2,1-5H3. The zero-order chi connectivity index (χ0) is 20.2. The topological polar surface area (TPSA) is 39.7 Å². The summed E-state index contributed by atoms with van der Waals surface area (Å²) in [6.07, 6.45) is 5.87. The van der Waals surface area contributed by atoms with Gasteiger partial charge in [0.25, 0.3) is 0 Å². The average molecular weight is 387 g/mol. The van der Waals surface area contributed by atoms with Crippen molar-refractivity contribution in [2.75, 3.05) is 32.9 Å². The van der Waals surface area contributed by atoms with Crippen LogP contribution in [0.3, 0.4) is 0 Å². The van der Waals surface area contributed by atoms with Gasteiger partial charge in [0.15, 0.2) is 0 Å². The molecule has 156 valence electrons. The number of ether oxygens (including phenoxy) is 1. The summed E-state index contributed by atoms with van der Waals surface area (Å²) in [6, 6.07) is 4.52. The lowest BCUT2D eigenvalue weighted by atomic mass is 9.61. The van der Waals surface area contributed by atoms with Gasteiger partial charge in [0.1, 0.15) is 5.75 Å². The van der Waals surface area contributed by atoms with Crippen molar-refractivity contribution in [2.45, 2.75) is 77.6 Å². The highest BCUT2D eigenvalue weighted by Gasteiger charge is 2.40. The third-order valence-corrected chi connectivity index (χ3v) is 6.28. The quantitative estimate of drug-likeness (QED) is 0.593. The maximum Gasteiger partial charge on any atom is 0.494 e. The van der Waals surface area contributed by atoms with Crippen molar-refractivity contribution in [3.8, 4) is 5.75 Å². The van der Waals surface area contributed by atoms with Crippen molar-refractivity contribution in [1.29, 1.82) is 0 Å². The summed E-state index contributed by atoms with van der Waals surface area (Å²) < 4.78 is 18.5. The van der Waals surface area contributed by atoms with Crippen LogP contribution in [0, 0.1) is 0 Å². The molecule has 0 unspecified atom stereocenters. The van der Waals surface area contributed by atoms with Gasteiger partial charge in [-0.1, -0.05) is 53.5 Å². The van der Waals surface area contributed by atoms with E-state index in [0.29, 0.717) is 13.2 Å². The molecule has 1 aliphatic heterocycles. The molecule has 1 fully saturated rings. The molecule has 3 rings (SSSR count). The Hall–Kier alpha value is -1.04. The van der Waals surface area contributed by atoms with Crippen LogP contribution in [0.2, 0.25) is 0 Å². The molecule has 1 saturated heterocycles. The van der Waals surface area contributed by atoms with Gasteiger partial charge in [0.2, 0.25) is 0 Å². The maximum absolute atomic E-state index is 6.40. The molecule has 1 aromatic rings. The second-order valence-electron chi connectivity index (χ2n) is 9.59. The van der Waals surface area contributed by atoms with Crippen molar-refractivity contribution < 1.29 is 14.0 Å². The molecule has 28 heavy (non-hydrogen) atoms. The summed E-state index contributed by atoms with van der Waals surface area (Å²) >= 11 is 0. The van der Waals surface area contributed by atoms with Crippen molar-refractivity contribution >= 4 is 12.6 Å². The first-order valence-corrected chi connectivity index (χ1v) is 11.1. The predicted molar refractivity (Wildman–Crippen MR) is 117 cm³/mol. The van der Waals surface area contributed by atoms with Gasteiger partial charge in [-0.15, -0.1) is 0 Å². The SMILES string of the molecule is CCCCCOc1cc(B2OCCNCCO2)cc2c1C(C)(C)CCC2(C)C. The van der Waals surface area contributed by atoms with E-state index < -0.39 is 0 Å². The van der Waals surface area contributed by atoms with Crippen LogP contribution < -0.4 is 15.5 Å². The van der Waals surface area contributed by atoms with Crippen molar-refractivity contribution in [1.82, 2.24) is 5.32 Å². The second-order valence-corrected chi connectivity index (χ2v) is 9.59. The lowest BCUT2D eigenvalue weighted by Gasteiger charge is -2.43. The molecule has 1 heterocycles. The number of unbranched alkanes of at least 4 members (excludes halogenated alkanes) is 2. The Labute approximate surface area is 171 Å². The summed E-state index contributed by atoms with van der Waals surface area (Å²) in [5.41, 5.74) is 4.13. The second kappa shape index (κ2) is 9.19. The van der Waals surface area contributed by atoms with Crippen LogP contribution in [0.5, 0.6) is 5.75 Å². The molecule has 1 N–H and O–H groups in total. The van der Waals surface area contributed by atoms with E-state index in [1.54, 1.807) is 0 Å². The Morgan fingerprint density at radius 1 is 1.00 bits per heavy atom. The zero-order valence-corrected chi connectivity index (χ0v) is 18.5. The molecule has 0 atom stereocenters. The van der Waals surface area contributed by atoms with Crippen molar-refractivity contribution in [3.05, 3.63) is 23.3 Å². The number of hydrogen-bond donors (Lipinski definition) is 1. The van der Waals surface area contributed by atoms with E-state index in [1.807, 2.05) is 0 Å². The van der Waals surface area contributed by atoms with Crippen LogP contribution in [0.15, 0.2) is 12.1 Å². The minimum atomic E-state index is -0.314. The highest BCUT2D eigenvalue weighted by Crippen LogP contribution is 2.49. The van der Waals surface area contributed by atoms with Crippen LogP contribution in [0.25, 0.3) is 0 Å². The van der Waals surface area contributed by atoms with E-state index in [2.05, 4.69) is 52.1 Å². The van der Waals surface area contributed by atoms with E-state index >= 15 is 0 Å². The molecule has 5 heteroatoms. The van der Waals surface area contributed by atoms with E-state index in [-0.39, 0.29) is 17.9 Å². The Morgan fingerprint density at radius 2 is 1.68 bits per heavy atom. The molecule has 0 bridgehead atoms. The van der Waals surface area contributed by atoms with E-state index in [0.717, 1.165) is 37.3 Å². The summed E-state index contributed by atoms with van der Waals surface area (Å²) in [5, 5.41) is 3.31. The van der Waals surface area contributed by atoms with Gasteiger partial charge in [0, 0.05) is 31.9 Å². The monoisotopic (exact) mass is 387 g/mol. The summed E-state index contributed by atoms with van der Waals surface area (Å²) in [4.78, 5) is 0. The van der Waals surface area contributed by atoms with Crippen LogP contribution in [0.1, 0.15) is 77.8 Å². The highest BCUT2D eigenvalue weighted by molar-refractivity contribution is 6.61. The fourth-order valence-electron chi connectivity index (χ4n) is 4.38. The fourth-order valence-corrected chi connectivity index (χ4v) is 4.38. The van der Waals surface area contributed by atoms with E-state index in [1.165, 1.54) is 36.8 Å². The largest absolute Gasteiger partial charge is 0.494 e. The number of benzene rings is 1. The Bertz CT molecular complexity index is 651. The Balaban J connectivity index is 1.99. The molecule has 2 aliphatic rings. The number of rotatable bonds is 6. The average Bonchev–Trinajstić information content (AvgIpc) is 2.62. The first-order valence-electron chi connectivity index (χ1n) is 11.1. The molecule has 0 amide bonds. The summed E-state index contributed by atoms with van der Waals surface area (Å²) in [5.74, 6) is 1.04. The van der Waals surface area contributed by atoms with E-state index in [9.17, 15) is 0 Å². The number of fused-ring (bicyclic) bond motifs is 1. The molecule has 4 nitrogen and oxygen atoms in total. The lowest BCUT2D eigenvalue weighted by Crippen LogP contribution is -2.44. The lowest BCUT2D eigenvalue weighted by molar-refractivity contribution is 0.187. The molecule has 0 saturated carbocycles. The van der Waals surface area contributed by atoms with Gasteiger partial charge in [-0.3, -0.25) is 0 Å². The Morgan fingerprint density at radius 3 is 2.36 bits per heavy atom. The van der Waals surface area contributed by atoms with Crippen LogP contribution in [-0.2, 0) is 20.1 Å². The Kier molecular flexibility index (Phi) is 7.11. The van der Waals surface area contributed by atoms with Crippen LogP contribution in [-0.4, -0.2) is 40.0 Å². The summed E-state index contributed by atoms with van der Waals surface area (Å²) in [6.45, 7) is 15.5. The van der Waals surface area contributed by atoms with E-state index in [4.69, 9.17) is 14.0 Å². The van der Waals surface area contributed by atoms with Gasteiger partial charge in [-0.2, -0.15) is 0 Å². The van der Waals surface area contributed by atoms with Gasteiger partial charge < -0.3 is 19.4 Å². The van der Waals surface area contributed by atoms with Crippen LogP contribution in [0.4, 0.5) is 0 Å². The molecule has 1 aromatic carbocycles.